The van der Waals surface area contributed by atoms with Gasteiger partial charge in [-0.1, -0.05) is 0 Å². The molecule has 0 aliphatic rings. The molecule has 13 heavy (non-hydrogen) atoms. The molecule has 0 unspecified atom stereocenters. The van der Waals surface area contributed by atoms with Gasteiger partial charge in [0.05, 0.1) is 4.92 Å². The number of hydrogen-bond acceptors (Lipinski definition) is 3. The van der Waals surface area contributed by atoms with E-state index < -0.39 is 16.8 Å². The molecule has 0 heterocycles. The Morgan fingerprint density at radius 3 is 2.69 bits per heavy atom. The lowest BCUT2D eigenvalue weighted by atomic mass is 10.1. The first-order chi connectivity index (χ1) is 6.02. The molecule has 0 aliphatic heterocycles. The summed E-state index contributed by atoms with van der Waals surface area (Å²) in [4.78, 5) is 9.75. The molecular weight excluding hydrogens is 175 g/mol. The number of halogens is 1. The Balaban J connectivity index is 3.19. The molecule has 70 valence electrons. The molecule has 2 N–H and O–H groups in total. The number of rotatable bonds is 2. The van der Waals surface area contributed by atoms with Gasteiger partial charge in [-0.3, -0.25) is 10.1 Å². The quantitative estimate of drug-likeness (QED) is 0.562. The van der Waals surface area contributed by atoms with Gasteiger partial charge in [-0.05, 0) is 13.0 Å². The lowest BCUT2D eigenvalue weighted by molar-refractivity contribution is -0.385. The number of hydrogen-bond donors (Lipinski definition) is 1. The van der Waals surface area contributed by atoms with Crippen LogP contribution in [0.3, 0.4) is 0 Å². The van der Waals surface area contributed by atoms with Crippen molar-refractivity contribution in [1.29, 1.82) is 0 Å². The van der Waals surface area contributed by atoms with Crippen molar-refractivity contribution >= 4 is 5.69 Å². The van der Waals surface area contributed by atoms with Crippen LogP contribution in [0.2, 0.25) is 0 Å². The second-order valence-electron chi connectivity index (χ2n) is 2.75. The van der Waals surface area contributed by atoms with Crippen LogP contribution in [0.4, 0.5) is 10.1 Å². The van der Waals surface area contributed by atoms with Gasteiger partial charge in [0.2, 0.25) is 0 Å². The maximum absolute atomic E-state index is 13.0. The highest BCUT2D eigenvalue weighted by Gasteiger charge is 2.12. The Kier molecular flexibility index (Phi) is 2.57. The predicted octanol–water partition coefficient (Wildman–Crippen LogP) is 1.75. The highest BCUT2D eigenvalue weighted by molar-refractivity contribution is 5.36. The largest absolute Gasteiger partial charge is 0.324 e. The van der Waals surface area contributed by atoms with Crippen LogP contribution in [0.5, 0.6) is 0 Å². The van der Waals surface area contributed by atoms with E-state index in [-0.39, 0.29) is 11.3 Å². The minimum atomic E-state index is -0.578. The minimum Gasteiger partial charge on any atom is -0.324 e. The summed E-state index contributed by atoms with van der Waals surface area (Å²) >= 11 is 0. The van der Waals surface area contributed by atoms with E-state index in [4.69, 9.17) is 5.73 Å². The summed E-state index contributed by atoms with van der Waals surface area (Å²) in [6.45, 7) is 1.57. The summed E-state index contributed by atoms with van der Waals surface area (Å²) in [5.41, 5.74) is 5.44. The Hall–Kier alpha value is -1.49. The fourth-order valence-electron chi connectivity index (χ4n) is 0.994. The van der Waals surface area contributed by atoms with Crippen molar-refractivity contribution in [2.45, 2.75) is 13.0 Å². The topological polar surface area (TPSA) is 69.2 Å². The van der Waals surface area contributed by atoms with Gasteiger partial charge in [0.1, 0.15) is 5.82 Å². The Labute approximate surface area is 74.3 Å². The summed E-state index contributed by atoms with van der Waals surface area (Å²) in [6, 6.07) is 2.78. The molecular formula is C8H9FN2O2. The second kappa shape index (κ2) is 3.49. The normalized spacial score (nSPS) is 12.5. The number of non-ortho nitro benzene ring substituents is 1. The molecule has 0 aromatic heterocycles. The second-order valence-corrected chi connectivity index (χ2v) is 2.75. The van der Waals surface area contributed by atoms with Gasteiger partial charge in [-0.25, -0.2) is 4.39 Å². The van der Waals surface area contributed by atoms with E-state index in [1.54, 1.807) is 6.92 Å². The van der Waals surface area contributed by atoms with E-state index in [0.29, 0.717) is 0 Å². The van der Waals surface area contributed by atoms with E-state index in [9.17, 15) is 14.5 Å². The third-order valence-corrected chi connectivity index (χ3v) is 1.68. The zero-order chi connectivity index (χ0) is 10.0. The van der Waals surface area contributed by atoms with E-state index in [1.807, 2.05) is 0 Å². The summed E-state index contributed by atoms with van der Waals surface area (Å²) in [7, 11) is 0. The zero-order valence-electron chi connectivity index (χ0n) is 7.03. The molecule has 0 aliphatic carbocycles. The number of nitro groups is 1. The summed E-state index contributed by atoms with van der Waals surface area (Å²) in [6.07, 6.45) is 0. The standard InChI is InChI=1S/C8H9FN2O2/c1-5(10)7-4-6(11(12)13)2-3-8(7)9/h2-5H,10H2,1H3/t5-/m0/s1. The Morgan fingerprint density at radius 2 is 2.23 bits per heavy atom. The van der Waals surface area contributed by atoms with Gasteiger partial charge in [0.25, 0.3) is 5.69 Å². The van der Waals surface area contributed by atoms with Gasteiger partial charge >= 0.3 is 0 Å². The van der Waals surface area contributed by atoms with Gasteiger partial charge in [-0.15, -0.1) is 0 Å². The first-order valence-corrected chi connectivity index (χ1v) is 3.72. The van der Waals surface area contributed by atoms with E-state index >= 15 is 0 Å². The van der Waals surface area contributed by atoms with Gasteiger partial charge < -0.3 is 5.73 Å². The highest BCUT2D eigenvalue weighted by Crippen LogP contribution is 2.20. The predicted molar refractivity (Wildman–Crippen MR) is 45.7 cm³/mol. The molecule has 0 saturated heterocycles. The highest BCUT2D eigenvalue weighted by atomic mass is 19.1. The molecule has 1 rings (SSSR count). The average molecular weight is 184 g/mol. The SMILES string of the molecule is C[C@H](N)c1cc([N+](=O)[O-])ccc1F. The summed E-state index contributed by atoms with van der Waals surface area (Å²) < 4.78 is 13.0. The molecule has 1 aromatic carbocycles. The molecule has 4 nitrogen and oxygen atoms in total. The van der Waals surface area contributed by atoms with E-state index in [2.05, 4.69) is 0 Å². The van der Waals surface area contributed by atoms with Crippen LogP contribution in [-0.2, 0) is 0 Å². The first-order valence-electron chi connectivity index (χ1n) is 3.72. The minimum absolute atomic E-state index is 0.145. The number of nitrogens with two attached hydrogens (primary N) is 1. The van der Waals surface area contributed by atoms with Gasteiger partial charge in [-0.2, -0.15) is 0 Å². The van der Waals surface area contributed by atoms with Crippen LogP contribution >= 0.6 is 0 Å². The van der Waals surface area contributed by atoms with Crippen LogP contribution < -0.4 is 5.73 Å². The van der Waals surface area contributed by atoms with Crippen molar-refractivity contribution in [3.63, 3.8) is 0 Å². The van der Waals surface area contributed by atoms with Crippen LogP contribution in [0.15, 0.2) is 18.2 Å². The van der Waals surface area contributed by atoms with Crippen molar-refractivity contribution in [3.05, 3.63) is 39.7 Å². The molecule has 1 aromatic rings. The maximum atomic E-state index is 13.0. The van der Waals surface area contributed by atoms with Crippen molar-refractivity contribution in [3.8, 4) is 0 Å². The third-order valence-electron chi connectivity index (χ3n) is 1.68. The molecule has 0 bridgehead atoms. The van der Waals surface area contributed by atoms with E-state index in [0.717, 1.165) is 18.2 Å². The molecule has 0 fully saturated rings. The molecule has 0 amide bonds. The maximum Gasteiger partial charge on any atom is 0.269 e. The molecule has 0 spiro atoms. The van der Waals surface area contributed by atoms with Crippen molar-refractivity contribution < 1.29 is 9.31 Å². The van der Waals surface area contributed by atoms with Crippen LogP contribution in [-0.4, -0.2) is 4.92 Å². The van der Waals surface area contributed by atoms with Gasteiger partial charge in [0.15, 0.2) is 0 Å². The number of nitro benzene ring substituents is 1. The van der Waals surface area contributed by atoms with Crippen molar-refractivity contribution in [1.82, 2.24) is 0 Å². The first kappa shape index (κ1) is 9.60. The Bertz CT molecular complexity index is 339. The summed E-state index contributed by atoms with van der Waals surface area (Å²) in [5, 5.41) is 10.3. The van der Waals surface area contributed by atoms with Crippen molar-refractivity contribution in [2.24, 2.45) is 5.73 Å². The smallest absolute Gasteiger partial charge is 0.269 e. The third kappa shape index (κ3) is 2.00. The van der Waals surface area contributed by atoms with Crippen LogP contribution in [0.1, 0.15) is 18.5 Å². The van der Waals surface area contributed by atoms with E-state index in [1.165, 1.54) is 0 Å². The molecule has 1 atom stereocenters. The van der Waals surface area contributed by atoms with Crippen LogP contribution in [0, 0.1) is 15.9 Å². The molecule has 5 heteroatoms. The lowest BCUT2D eigenvalue weighted by Crippen LogP contribution is -2.07. The summed E-state index contributed by atoms with van der Waals surface area (Å²) in [5.74, 6) is -0.513. The van der Waals surface area contributed by atoms with Gasteiger partial charge in [0, 0.05) is 23.7 Å². The fourth-order valence-corrected chi connectivity index (χ4v) is 0.994. The fraction of sp³-hybridized carbons (Fsp3) is 0.250. The Morgan fingerprint density at radius 1 is 1.62 bits per heavy atom. The van der Waals surface area contributed by atoms with Crippen molar-refractivity contribution in [2.75, 3.05) is 0 Å². The number of benzene rings is 1. The number of nitrogens with zero attached hydrogens (tertiary/aromatic N) is 1. The molecule has 0 radical (unpaired) electrons. The zero-order valence-corrected chi connectivity index (χ0v) is 7.03. The van der Waals surface area contributed by atoms with Crippen LogP contribution in [0.25, 0.3) is 0 Å². The lowest BCUT2D eigenvalue weighted by Gasteiger charge is -2.05. The molecule has 0 saturated carbocycles. The monoisotopic (exact) mass is 184 g/mol. The average Bonchev–Trinajstić information content (AvgIpc) is 2.04.